The highest BCUT2D eigenvalue weighted by Gasteiger charge is 2.50. The molecule has 2 aromatic rings. The zero-order valence-electron chi connectivity index (χ0n) is 17.0. The van der Waals surface area contributed by atoms with E-state index in [1.165, 1.54) is 36.9 Å². The summed E-state index contributed by atoms with van der Waals surface area (Å²) >= 11 is 0. The van der Waals surface area contributed by atoms with E-state index in [-0.39, 0.29) is 24.7 Å². The lowest BCUT2D eigenvalue weighted by atomic mass is 9.82. The average Bonchev–Trinajstić information content (AvgIpc) is 2.78. The van der Waals surface area contributed by atoms with Crippen molar-refractivity contribution in [2.45, 2.75) is 25.7 Å². The van der Waals surface area contributed by atoms with Gasteiger partial charge in [-0.1, -0.05) is 31.2 Å². The number of aryl methyl sites for hydroxylation is 1. The predicted octanol–water partition coefficient (Wildman–Crippen LogP) is 4.12. The second-order valence-corrected chi connectivity index (χ2v) is 7.64. The number of hydrogen-bond donors (Lipinski definition) is 1. The molecule has 1 aliphatic heterocycles. The fraction of sp³-hybridized carbons (Fsp3) is 0.364. The van der Waals surface area contributed by atoms with Crippen LogP contribution in [0.25, 0.3) is 0 Å². The molecule has 8 nitrogen and oxygen atoms in total. The number of carboxylic acid groups (broad SMARTS) is 1. The Morgan fingerprint density at radius 2 is 1.77 bits per heavy atom. The lowest BCUT2D eigenvalue weighted by molar-refractivity contribution is -0.384. The summed E-state index contributed by atoms with van der Waals surface area (Å²) in [5.41, 5.74) is 2.42. The van der Waals surface area contributed by atoms with Crippen molar-refractivity contribution >= 4 is 23.4 Å². The zero-order chi connectivity index (χ0) is 21.9. The third kappa shape index (κ3) is 4.04. The molecule has 1 aliphatic rings. The second-order valence-electron chi connectivity index (χ2n) is 7.64. The van der Waals surface area contributed by atoms with E-state index in [9.17, 15) is 24.8 Å². The number of nitro groups is 1. The number of esters is 1. The van der Waals surface area contributed by atoms with Gasteiger partial charge < -0.3 is 9.84 Å². The number of ether oxygens (including phenoxy) is 1. The smallest absolute Gasteiger partial charge is 0.469 e. The van der Waals surface area contributed by atoms with Crippen LogP contribution < -0.4 is 4.48 Å². The van der Waals surface area contributed by atoms with E-state index in [0.717, 1.165) is 12.0 Å². The standard InChI is InChI=1S/C22H24N2O6/c1-3-15-4-6-16(7-5-15)17-12-18(21(25)30-2)14-24(13-17,22(26)27)20-10-8-19(9-11-20)23(28)29/h4-11,17-18H,3,12-14H2,1-2H3/p+1. The molecule has 0 spiro atoms. The van der Waals surface area contributed by atoms with E-state index < -0.39 is 27.4 Å². The van der Waals surface area contributed by atoms with E-state index in [1.807, 2.05) is 24.3 Å². The Labute approximate surface area is 174 Å². The number of likely N-dealkylation sites (tertiary alicyclic amines) is 1. The second kappa shape index (κ2) is 8.62. The van der Waals surface area contributed by atoms with Gasteiger partial charge in [0.1, 0.15) is 24.7 Å². The zero-order valence-corrected chi connectivity index (χ0v) is 17.0. The normalized spacial score (nSPS) is 23.5. The quantitative estimate of drug-likeness (QED) is 0.342. The third-order valence-corrected chi connectivity index (χ3v) is 5.95. The lowest BCUT2D eigenvalue weighted by Crippen LogP contribution is -2.62. The van der Waals surface area contributed by atoms with Crippen molar-refractivity contribution in [1.82, 2.24) is 4.48 Å². The number of piperidine rings is 1. The van der Waals surface area contributed by atoms with E-state index in [4.69, 9.17) is 4.74 Å². The molecular weight excluding hydrogens is 388 g/mol. The van der Waals surface area contributed by atoms with E-state index in [1.54, 1.807) is 0 Å². The Balaban J connectivity index is 2.05. The summed E-state index contributed by atoms with van der Waals surface area (Å²) in [6.45, 7) is 2.33. The summed E-state index contributed by atoms with van der Waals surface area (Å²) < 4.78 is 4.45. The fourth-order valence-corrected chi connectivity index (χ4v) is 4.26. The molecule has 2 aromatic carbocycles. The van der Waals surface area contributed by atoms with Crippen LogP contribution in [0.5, 0.6) is 0 Å². The number of rotatable bonds is 5. The molecule has 8 heteroatoms. The maximum absolute atomic E-state index is 12.5. The summed E-state index contributed by atoms with van der Waals surface area (Å²) in [5, 5.41) is 21.2. The van der Waals surface area contributed by atoms with Crippen molar-refractivity contribution in [3.05, 3.63) is 69.8 Å². The number of methoxy groups -OCH3 is 1. The first-order chi connectivity index (χ1) is 14.3. The largest absolute Gasteiger partial charge is 0.518 e. The SMILES string of the molecule is CCc1ccc(C2CC(C(=O)OC)C[N+](C(=O)O)(c3ccc([N+](=O)[O-])cc3)C2)cc1. The molecule has 0 aliphatic carbocycles. The minimum absolute atomic E-state index is 0.0311. The molecule has 0 saturated carbocycles. The molecule has 3 unspecified atom stereocenters. The van der Waals surface area contributed by atoms with Crippen molar-refractivity contribution in [2.75, 3.05) is 20.2 Å². The van der Waals surface area contributed by atoms with Crippen LogP contribution in [0, 0.1) is 16.0 Å². The monoisotopic (exact) mass is 413 g/mol. The number of benzene rings is 2. The third-order valence-electron chi connectivity index (χ3n) is 5.95. The van der Waals surface area contributed by atoms with Crippen LogP contribution in [-0.2, 0) is 16.0 Å². The minimum atomic E-state index is -1.10. The number of amides is 1. The highest BCUT2D eigenvalue weighted by molar-refractivity contribution is 5.83. The summed E-state index contributed by atoms with van der Waals surface area (Å²) in [6.07, 6.45) is 0.277. The fourth-order valence-electron chi connectivity index (χ4n) is 4.26. The molecule has 0 bridgehead atoms. The van der Waals surface area contributed by atoms with Gasteiger partial charge in [-0.25, -0.2) is 0 Å². The number of hydrogen-bond acceptors (Lipinski definition) is 5. The van der Waals surface area contributed by atoms with Gasteiger partial charge in [-0.3, -0.25) is 14.9 Å². The first-order valence-electron chi connectivity index (χ1n) is 9.83. The predicted molar refractivity (Wildman–Crippen MR) is 111 cm³/mol. The highest BCUT2D eigenvalue weighted by atomic mass is 16.6. The van der Waals surface area contributed by atoms with Gasteiger partial charge in [-0.15, -0.1) is 0 Å². The van der Waals surface area contributed by atoms with Crippen molar-refractivity contribution in [1.29, 1.82) is 0 Å². The Morgan fingerprint density at radius 1 is 1.13 bits per heavy atom. The van der Waals surface area contributed by atoms with Gasteiger partial charge in [-0.2, -0.15) is 9.28 Å². The molecule has 1 saturated heterocycles. The van der Waals surface area contributed by atoms with Gasteiger partial charge in [0.05, 0.1) is 12.0 Å². The molecule has 0 radical (unpaired) electrons. The van der Waals surface area contributed by atoms with Crippen LogP contribution in [0.4, 0.5) is 16.2 Å². The van der Waals surface area contributed by atoms with Gasteiger partial charge in [0.15, 0.2) is 0 Å². The molecule has 1 fully saturated rings. The van der Waals surface area contributed by atoms with Gasteiger partial charge >= 0.3 is 12.1 Å². The van der Waals surface area contributed by atoms with Crippen LogP contribution in [0.1, 0.15) is 30.4 Å². The number of carbonyl (C=O) groups is 2. The maximum atomic E-state index is 12.5. The first kappa shape index (κ1) is 21.4. The van der Waals surface area contributed by atoms with Crippen LogP contribution in [0.3, 0.4) is 0 Å². The Morgan fingerprint density at radius 3 is 2.27 bits per heavy atom. The van der Waals surface area contributed by atoms with Crippen LogP contribution in [-0.4, -0.2) is 42.3 Å². The first-order valence-corrected chi connectivity index (χ1v) is 9.83. The Hall–Kier alpha value is -3.26. The van der Waals surface area contributed by atoms with Crippen molar-refractivity contribution < 1.29 is 24.4 Å². The number of nitrogens with zero attached hydrogens (tertiary/aromatic N) is 2. The number of carbonyl (C=O) groups excluding carboxylic acids is 1. The maximum Gasteiger partial charge on any atom is 0.518 e. The van der Waals surface area contributed by atoms with Gasteiger partial charge in [0, 0.05) is 30.2 Å². The number of non-ortho nitro benzene ring substituents is 1. The van der Waals surface area contributed by atoms with E-state index in [2.05, 4.69) is 6.92 Å². The van der Waals surface area contributed by atoms with E-state index in [0.29, 0.717) is 12.1 Å². The summed E-state index contributed by atoms with van der Waals surface area (Å²) in [5.74, 6) is -1.23. The lowest BCUT2D eigenvalue weighted by Gasteiger charge is -2.42. The molecule has 1 amide bonds. The molecule has 1 heterocycles. The summed E-state index contributed by atoms with van der Waals surface area (Å²) in [7, 11) is 1.29. The van der Waals surface area contributed by atoms with Gasteiger partial charge in [0.25, 0.3) is 5.69 Å². The van der Waals surface area contributed by atoms with Crippen molar-refractivity contribution in [3.63, 3.8) is 0 Å². The number of nitro benzene ring substituents is 1. The summed E-state index contributed by atoms with van der Waals surface area (Å²) in [6, 6.07) is 13.5. The highest BCUT2D eigenvalue weighted by Crippen LogP contribution is 2.39. The molecule has 0 aromatic heterocycles. The van der Waals surface area contributed by atoms with Crippen molar-refractivity contribution in [2.24, 2.45) is 5.92 Å². The van der Waals surface area contributed by atoms with Crippen LogP contribution >= 0.6 is 0 Å². The summed E-state index contributed by atoms with van der Waals surface area (Å²) in [4.78, 5) is 35.4. The van der Waals surface area contributed by atoms with E-state index >= 15 is 0 Å². The topological polar surface area (TPSA) is 107 Å². The van der Waals surface area contributed by atoms with Gasteiger partial charge in [0.2, 0.25) is 0 Å². The molecule has 3 atom stereocenters. The van der Waals surface area contributed by atoms with Crippen molar-refractivity contribution in [3.8, 4) is 0 Å². The Kier molecular flexibility index (Phi) is 6.17. The molecule has 158 valence electrons. The molecular formula is C22H25N2O6+. The molecule has 1 N–H and O–H groups in total. The van der Waals surface area contributed by atoms with Crippen LogP contribution in [0.2, 0.25) is 0 Å². The van der Waals surface area contributed by atoms with Crippen LogP contribution in [0.15, 0.2) is 48.5 Å². The molecule has 30 heavy (non-hydrogen) atoms. The average molecular weight is 413 g/mol. The van der Waals surface area contributed by atoms with Gasteiger partial charge in [-0.05, 0) is 24.0 Å². The Bertz CT molecular complexity index is 941. The minimum Gasteiger partial charge on any atom is -0.469 e. The molecule has 3 rings (SSSR count). The number of quaternary nitrogens is 1.